The molecule has 0 fully saturated rings. The van der Waals surface area contributed by atoms with Crippen molar-refractivity contribution in [1.29, 1.82) is 0 Å². The highest BCUT2D eigenvalue weighted by molar-refractivity contribution is 5.75. The van der Waals surface area contributed by atoms with Crippen LogP contribution in [0.15, 0.2) is 48.5 Å². The molecule has 156 valence electrons. The summed E-state index contributed by atoms with van der Waals surface area (Å²) in [5, 5.41) is 3.49. The van der Waals surface area contributed by atoms with E-state index in [2.05, 4.69) is 46.6 Å². The molecule has 2 aromatic carbocycles. The fraction of sp³-hybridized carbons (Fsp3) is 0.458. The van der Waals surface area contributed by atoms with Crippen molar-refractivity contribution in [3.05, 3.63) is 59.7 Å². The summed E-state index contributed by atoms with van der Waals surface area (Å²) in [7, 11) is 0. The van der Waals surface area contributed by atoms with E-state index in [9.17, 15) is 4.79 Å². The molecule has 0 saturated heterocycles. The van der Waals surface area contributed by atoms with Crippen molar-refractivity contribution >= 4 is 17.3 Å². The zero-order valence-corrected chi connectivity index (χ0v) is 17.5. The summed E-state index contributed by atoms with van der Waals surface area (Å²) < 4.78 is 10.7. The van der Waals surface area contributed by atoms with Crippen LogP contribution < -0.4 is 10.2 Å². The van der Waals surface area contributed by atoms with Crippen LogP contribution in [0.3, 0.4) is 0 Å². The number of hydrogen-bond acceptors (Lipinski definition) is 5. The number of rotatable bonds is 11. The number of benzene rings is 2. The summed E-state index contributed by atoms with van der Waals surface area (Å²) >= 11 is 0. The largest absolute Gasteiger partial charge is 0.464 e. The monoisotopic (exact) mass is 396 g/mol. The van der Waals surface area contributed by atoms with Crippen LogP contribution in [0.25, 0.3) is 0 Å². The Bertz CT molecular complexity index is 776. The molecule has 5 heteroatoms. The second kappa shape index (κ2) is 10.9. The maximum atomic E-state index is 12.0. The molecule has 1 heterocycles. The van der Waals surface area contributed by atoms with Crippen molar-refractivity contribution in [2.24, 2.45) is 0 Å². The molecule has 0 aliphatic carbocycles. The predicted octanol–water partition coefficient (Wildman–Crippen LogP) is 4.06. The van der Waals surface area contributed by atoms with E-state index in [1.54, 1.807) is 0 Å². The van der Waals surface area contributed by atoms with Gasteiger partial charge in [-0.3, -0.25) is 0 Å². The molecule has 0 saturated carbocycles. The molecule has 0 radical (unpaired) electrons. The summed E-state index contributed by atoms with van der Waals surface area (Å²) in [5.74, 6) is -0.292. The minimum Gasteiger partial charge on any atom is -0.464 e. The van der Waals surface area contributed by atoms with Gasteiger partial charge in [0.1, 0.15) is 0 Å². The number of nitrogens with zero attached hydrogens (tertiary/aromatic N) is 1. The van der Waals surface area contributed by atoms with Crippen LogP contribution in [0, 0.1) is 0 Å². The van der Waals surface area contributed by atoms with Gasteiger partial charge in [0.25, 0.3) is 0 Å². The van der Waals surface area contributed by atoms with Gasteiger partial charge in [-0.25, -0.2) is 4.79 Å². The Morgan fingerprint density at radius 2 is 1.90 bits per heavy atom. The van der Waals surface area contributed by atoms with Gasteiger partial charge in [0.05, 0.1) is 6.61 Å². The summed E-state index contributed by atoms with van der Waals surface area (Å²) in [4.78, 5) is 14.5. The number of nitrogens with one attached hydrogen (secondary N) is 1. The van der Waals surface area contributed by atoms with Gasteiger partial charge in [-0.15, -0.1) is 0 Å². The Morgan fingerprint density at radius 3 is 2.66 bits per heavy atom. The molecule has 5 nitrogen and oxygen atoms in total. The molecule has 0 bridgehead atoms. The third-order valence-corrected chi connectivity index (χ3v) is 5.21. The van der Waals surface area contributed by atoms with Crippen LogP contribution in [-0.4, -0.2) is 44.9 Å². The highest BCUT2D eigenvalue weighted by Gasteiger charge is 2.20. The van der Waals surface area contributed by atoms with Gasteiger partial charge in [0.2, 0.25) is 0 Å². The van der Waals surface area contributed by atoms with E-state index in [0.717, 1.165) is 43.7 Å². The zero-order chi connectivity index (χ0) is 20.5. The average molecular weight is 397 g/mol. The molecule has 29 heavy (non-hydrogen) atoms. The highest BCUT2D eigenvalue weighted by Crippen LogP contribution is 2.27. The van der Waals surface area contributed by atoms with E-state index in [0.29, 0.717) is 19.6 Å². The third kappa shape index (κ3) is 5.97. The number of esters is 1. The first-order valence-electron chi connectivity index (χ1n) is 10.6. The Hall–Kier alpha value is -2.53. The molecule has 2 aromatic rings. The smallest absolute Gasteiger partial charge is 0.335 e. The average Bonchev–Trinajstić information content (AvgIpc) is 3.15. The Labute approximate surface area is 174 Å². The van der Waals surface area contributed by atoms with Gasteiger partial charge < -0.3 is 19.7 Å². The molecule has 1 aliphatic heterocycles. The van der Waals surface area contributed by atoms with Gasteiger partial charge in [0, 0.05) is 44.0 Å². The molecule has 1 N–H and O–H groups in total. The summed E-state index contributed by atoms with van der Waals surface area (Å²) in [6, 6.07) is 16.9. The van der Waals surface area contributed by atoms with Gasteiger partial charge in [-0.05, 0) is 56.0 Å². The van der Waals surface area contributed by atoms with E-state index in [-0.39, 0.29) is 5.97 Å². The van der Waals surface area contributed by atoms with Crippen molar-refractivity contribution in [2.45, 2.75) is 39.2 Å². The number of ether oxygens (including phenoxy) is 2. The Morgan fingerprint density at radius 1 is 1.10 bits per heavy atom. The highest BCUT2D eigenvalue weighted by atomic mass is 16.6. The maximum Gasteiger partial charge on any atom is 0.335 e. The predicted molar refractivity (Wildman–Crippen MR) is 118 cm³/mol. The first-order chi connectivity index (χ1) is 14.2. The number of para-hydroxylation sites is 1. The number of carbonyl (C=O) groups is 1. The van der Waals surface area contributed by atoms with Crippen molar-refractivity contribution in [2.75, 3.05) is 43.1 Å². The molecule has 3 rings (SSSR count). The van der Waals surface area contributed by atoms with E-state index in [1.165, 1.54) is 11.3 Å². The fourth-order valence-electron chi connectivity index (χ4n) is 3.76. The van der Waals surface area contributed by atoms with Crippen LogP contribution in [0.4, 0.5) is 11.4 Å². The lowest BCUT2D eigenvalue weighted by atomic mass is 10.1. The van der Waals surface area contributed by atoms with Gasteiger partial charge in [0.15, 0.2) is 6.10 Å². The first kappa shape index (κ1) is 21.2. The number of anilines is 2. The van der Waals surface area contributed by atoms with E-state index in [1.807, 2.05) is 26.0 Å². The normalized spacial score (nSPS) is 13.8. The fourth-order valence-corrected chi connectivity index (χ4v) is 3.76. The van der Waals surface area contributed by atoms with Crippen molar-refractivity contribution in [1.82, 2.24) is 0 Å². The van der Waals surface area contributed by atoms with E-state index in [4.69, 9.17) is 9.47 Å². The molecule has 0 spiro atoms. The Kier molecular flexibility index (Phi) is 7.94. The zero-order valence-electron chi connectivity index (χ0n) is 17.5. The van der Waals surface area contributed by atoms with Gasteiger partial charge in [-0.1, -0.05) is 30.3 Å². The van der Waals surface area contributed by atoms with Gasteiger partial charge >= 0.3 is 5.97 Å². The number of carbonyl (C=O) groups excluding carboxylic acids is 1. The molecule has 1 atom stereocenters. The molecular formula is C24H32N2O3. The lowest BCUT2D eigenvalue weighted by Crippen LogP contribution is -2.29. The molecule has 1 aliphatic rings. The second-order valence-electron chi connectivity index (χ2n) is 7.24. The van der Waals surface area contributed by atoms with Gasteiger partial charge in [-0.2, -0.15) is 0 Å². The van der Waals surface area contributed by atoms with Crippen LogP contribution >= 0.6 is 0 Å². The molecule has 0 aromatic heterocycles. The van der Waals surface area contributed by atoms with Crippen molar-refractivity contribution < 1.29 is 14.3 Å². The van der Waals surface area contributed by atoms with E-state index < -0.39 is 6.10 Å². The SMILES string of the molecule is CCOC(=O)C(Cc1ccc(NCCCN2CCc3ccccc32)cc1)OCC. The summed E-state index contributed by atoms with van der Waals surface area (Å²) in [6.45, 7) is 7.68. The van der Waals surface area contributed by atoms with Crippen LogP contribution in [0.2, 0.25) is 0 Å². The third-order valence-electron chi connectivity index (χ3n) is 5.21. The topological polar surface area (TPSA) is 50.8 Å². The summed E-state index contributed by atoms with van der Waals surface area (Å²) in [6.07, 6.45) is 2.23. The number of hydrogen-bond donors (Lipinski definition) is 1. The molecule has 0 amide bonds. The van der Waals surface area contributed by atoms with Crippen LogP contribution in [-0.2, 0) is 27.1 Å². The lowest BCUT2D eigenvalue weighted by Gasteiger charge is -2.19. The molecule has 1 unspecified atom stereocenters. The molecular weight excluding hydrogens is 364 g/mol. The standard InChI is InChI=1S/C24H32N2O3/c1-3-28-23(24(27)29-4-2)18-19-10-12-21(13-11-19)25-15-7-16-26-17-14-20-8-5-6-9-22(20)26/h5-6,8-13,23,25H,3-4,7,14-18H2,1-2H3. The van der Waals surface area contributed by atoms with E-state index >= 15 is 0 Å². The van der Waals surface area contributed by atoms with Crippen molar-refractivity contribution in [3.63, 3.8) is 0 Å². The Balaban J connectivity index is 1.43. The quantitative estimate of drug-likeness (QED) is 0.458. The van der Waals surface area contributed by atoms with Crippen molar-refractivity contribution in [3.8, 4) is 0 Å². The summed E-state index contributed by atoms with van der Waals surface area (Å²) in [5.41, 5.74) is 5.02. The van der Waals surface area contributed by atoms with Crippen LogP contribution in [0.1, 0.15) is 31.4 Å². The maximum absolute atomic E-state index is 12.0. The van der Waals surface area contributed by atoms with Crippen LogP contribution in [0.5, 0.6) is 0 Å². The lowest BCUT2D eigenvalue weighted by molar-refractivity contribution is -0.156. The minimum absolute atomic E-state index is 0.292. The first-order valence-corrected chi connectivity index (χ1v) is 10.6. The second-order valence-corrected chi connectivity index (χ2v) is 7.24. The number of fused-ring (bicyclic) bond motifs is 1. The minimum atomic E-state index is -0.540.